The van der Waals surface area contributed by atoms with Crippen LogP contribution in [-0.2, 0) is 31.0 Å². The van der Waals surface area contributed by atoms with E-state index in [-0.39, 0.29) is 35.1 Å². The van der Waals surface area contributed by atoms with Crippen LogP contribution in [0.4, 0.5) is 8.78 Å². The zero-order valence-corrected chi connectivity index (χ0v) is 27.3. The monoisotopic (exact) mass is 676 g/mol. The van der Waals surface area contributed by atoms with E-state index >= 15 is 0 Å². The van der Waals surface area contributed by atoms with E-state index in [9.17, 15) is 18.7 Å². The highest BCUT2D eigenvalue weighted by atomic mass is 35.5. The van der Waals surface area contributed by atoms with E-state index in [4.69, 9.17) is 26.1 Å². The molecule has 1 N–H and O–H groups in total. The Hall–Kier alpha value is -4.81. The maximum Gasteiger partial charge on any atom is 0.328 e. The lowest BCUT2D eigenvalue weighted by atomic mass is 10.1. The number of carboxylic acid groups (broad SMARTS) is 1. The molecule has 0 bridgehead atoms. The molecule has 1 aliphatic heterocycles. The van der Waals surface area contributed by atoms with Crippen molar-refractivity contribution in [3.8, 4) is 11.6 Å². The topological polar surface area (TPSA) is 108 Å². The first-order chi connectivity index (χ1) is 23.2. The van der Waals surface area contributed by atoms with Gasteiger partial charge >= 0.3 is 5.97 Å². The number of aromatic nitrogens is 5. The average molecular weight is 677 g/mol. The molecule has 0 atom stereocenters. The summed E-state index contributed by atoms with van der Waals surface area (Å²) in [7, 11) is 0. The number of carbonyl (C=O) groups is 1. The van der Waals surface area contributed by atoms with Gasteiger partial charge in [-0.2, -0.15) is 0 Å². The number of halogens is 3. The average Bonchev–Trinajstić information content (AvgIpc) is 3.66. The molecule has 250 valence electrons. The first kappa shape index (κ1) is 33.1. The maximum atomic E-state index is 14.5. The molecular formula is C35H35ClF2N6O4. The SMILES string of the molecule is CCn1cncc1Cn1c(CN2CCC(Oc3ccc(F)c(COc4ccc(Cl)cc4F)n3)CC2)nc2ccc(/C(C)=C/C(=O)O)cc21. The first-order valence-corrected chi connectivity index (χ1v) is 16.1. The van der Waals surface area contributed by atoms with Crippen molar-refractivity contribution in [3.63, 3.8) is 0 Å². The van der Waals surface area contributed by atoms with Crippen LogP contribution in [0.3, 0.4) is 0 Å². The number of piperidine rings is 1. The number of fused-ring (bicyclic) bond motifs is 1. The molecule has 13 heteroatoms. The summed E-state index contributed by atoms with van der Waals surface area (Å²) in [5.41, 5.74) is 4.29. The molecule has 0 amide bonds. The van der Waals surface area contributed by atoms with Crippen LogP contribution >= 0.6 is 11.6 Å². The van der Waals surface area contributed by atoms with Gasteiger partial charge < -0.3 is 23.7 Å². The molecule has 4 heterocycles. The summed E-state index contributed by atoms with van der Waals surface area (Å²) in [6, 6.07) is 12.6. The number of carboxylic acids is 1. The number of likely N-dealkylation sites (tertiary alicyclic amines) is 1. The number of hydrogen-bond acceptors (Lipinski definition) is 7. The van der Waals surface area contributed by atoms with Crippen LogP contribution in [0.2, 0.25) is 5.02 Å². The van der Waals surface area contributed by atoms with Gasteiger partial charge in [-0.25, -0.2) is 28.5 Å². The van der Waals surface area contributed by atoms with Gasteiger partial charge in [0.05, 0.1) is 36.1 Å². The Morgan fingerprint density at radius 3 is 2.62 bits per heavy atom. The minimum atomic E-state index is -0.989. The van der Waals surface area contributed by atoms with Gasteiger partial charge in [0.25, 0.3) is 0 Å². The molecule has 2 aromatic carbocycles. The second-order valence-corrected chi connectivity index (χ2v) is 12.1. The second-order valence-electron chi connectivity index (χ2n) is 11.7. The highest BCUT2D eigenvalue weighted by molar-refractivity contribution is 6.30. The lowest BCUT2D eigenvalue weighted by molar-refractivity contribution is -0.131. The molecule has 0 radical (unpaired) electrons. The zero-order valence-electron chi connectivity index (χ0n) is 26.6. The Morgan fingerprint density at radius 1 is 1.06 bits per heavy atom. The summed E-state index contributed by atoms with van der Waals surface area (Å²) in [5.74, 6) is -1.07. The third-order valence-corrected chi connectivity index (χ3v) is 8.66. The Kier molecular flexibility index (Phi) is 10.0. The van der Waals surface area contributed by atoms with Gasteiger partial charge in [-0.05, 0) is 74.2 Å². The highest BCUT2D eigenvalue weighted by Crippen LogP contribution is 2.27. The number of hydrogen-bond donors (Lipinski definition) is 1. The summed E-state index contributed by atoms with van der Waals surface area (Å²) >= 11 is 5.80. The van der Waals surface area contributed by atoms with Crippen molar-refractivity contribution >= 4 is 34.2 Å². The largest absolute Gasteiger partial charge is 0.484 e. The molecule has 48 heavy (non-hydrogen) atoms. The van der Waals surface area contributed by atoms with E-state index in [0.29, 0.717) is 18.7 Å². The lowest BCUT2D eigenvalue weighted by Gasteiger charge is -2.31. The molecule has 1 aliphatic rings. The Morgan fingerprint density at radius 2 is 1.88 bits per heavy atom. The lowest BCUT2D eigenvalue weighted by Crippen LogP contribution is -2.38. The van der Waals surface area contributed by atoms with Crippen LogP contribution in [0.1, 0.15) is 49.5 Å². The number of imidazole rings is 2. The van der Waals surface area contributed by atoms with Crippen molar-refractivity contribution in [2.75, 3.05) is 13.1 Å². The fourth-order valence-corrected chi connectivity index (χ4v) is 5.99. The van der Waals surface area contributed by atoms with Gasteiger partial charge in [0, 0.05) is 43.0 Å². The summed E-state index contributed by atoms with van der Waals surface area (Å²) < 4.78 is 44.5. The van der Waals surface area contributed by atoms with Crippen molar-refractivity contribution in [1.29, 1.82) is 0 Å². The molecule has 0 aliphatic carbocycles. The molecule has 1 saturated heterocycles. The Labute approximate surface area is 281 Å². The number of aryl methyl sites for hydroxylation is 1. The minimum Gasteiger partial charge on any atom is -0.484 e. The number of ether oxygens (including phenoxy) is 2. The smallest absolute Gasteiger partial charge is 0.328 e. The van der Waals surface area contributed by atoms with Crippen molar-refractivity contribution in [3.05, 3.63) is 107 Å². The van der Waals surface area contributed by atoms with Crippen molar-refractivity contribution in [1.82, 2.24) is 29.0 Å². The van der Waals surface area contributed by atoms with Crippen LogP contribution in [0.15, 0.2) is 67.1 Å². The predicted molar refractivity (Wildman–Crippen MR) is 177 cm³/mol. The van der Waals surface area contributed by atoms with Crippen LogP contribution in [0.25, 0.3) is 16.6 Å². The fourth-order valence-electron chi connectivity index (χ4n) is 5.84. The van der Waals surface area contributed by atoms with Crippen LogP contribution in [-0.4, -0.2) is 59.3 Å². The van der Waals surface area contributed by atoms with Crippen LogP contribution in [0.5, 0.6) is 11.6 Å². The standard InChI is InChI=1S/C35H35ClF2N6O4/c1-3-43-21-39-17-25(43)18-44-31-15-23(22(2)14-35(45)46)4-7-29(31)40-33(44)19-42-12-10-26(11-13-42)48-34-9-6-27(37)30(41-34)20-47-32-8-5-24(36)16-28(32)38/h4-9,14-17,21,26H,3,10-13,18-20H2,1-2H3,(H,45,46)/b22-14+. The third-order valence-electron chi connectivity index (χ3n) is 8.42. The minimum absolute atomic E-state index is 0.0133. The molecule has 1 fully saturated rings. The van der Waals surface area contributed by atoms with E-state index in [0.717, 1.165) is 66.7 Å². The maximum absolute atomic E-state index is 14.5. The van der Waals surface area contributed by atoms with Gasteiger partial charge in [-0.15, -0.1) is 0 Å². The first-order valence-electron chi connectivity index (χ1n) is 15.7. The normalized spacial score (nSPS) is 14.5. The predicted octanol–water partition coefficient (Wildman–Crippen LogP) is 6.74. The molecule has 5 aromatic rings. The Balaban J connectivity index is 1.14. The molecule has 0 unspecified atom stereocenters. The van der Waals surface area contributed by atoms with E-state index in [1.165, 1.54) is 30.3 Å². The van der Waals surface area contributed by atoms with E-state index in [1.54, 1.807) is 6.92 Å². The van der Waals surface area contributed by atoms with Crippen molar-refractivity contribution in [2.45, 2.75) is 59.0 Å². The van der Waals surface area contributed by atoms with Crippen LogP contribution in [0, 0.1) is 11.6 Å². The zero-order chi connectivity index (χ0) is 33.8. The molecule has 3 aromatic heterocycles. The van der Waals surface area contributed by atoms with Crippen molar-refractivity contribution in [2.24, 2.45) is 0 Å². The van der Waals surface area contributed by atoms with E-state index in [2.05, 4.69) is 30.9 Å². The van der Waals surface area contributed by atoms with Gasteiger partial charge in [0.15, 0.2) is 11.6 Å². The number of pyridine rings is 1. The summed E-state index contributed by atoms with van der Waals surface area (Å²) in [5, 5.41) is 9.51. The summed E-state index contributed by atoms with van der Waals surface area (Å²) in [6.45, 7) is 7.05. The number of nitrogens with zero attached hydrogens (tertiary/aromatic N) is 6. The number of rotatable bonds is 12. The quantitative estimate of drug-likeness (QED) is 0.145. The number of benzene rings is 2. The van der Waals surface area contributed by atoms with Gasteiger partial charge in [0.1, 0.15) is 30.0 Å². The molecule has 6 rings (SSSR count). The highest BCUT2D eigenvalue weighted by Gasteiger charge is 2.24. The van der Waals surface area contributed by atoms with Gasteiger partial charge in [-0.1, -0.05) is 17.7 Å². The van der Waals surface area contributed by atoms with E-state index in [1.807, 2.05) is 30.7 Å². The van der Waals surface area contributed by atoms with Gasteiger partial charge in [0.2, 0.25) is 5.88 Å². The number of aliphatic carboxylic acids is 1. The third kappa shape index (κ3) is 7.66. The summed E-state index contributed by atoms with van der Waals surface area (Å²) in [4.78, 5) is 27.3. The summed E-state index contributed by atoms with van der Waals surface area (Å²) in [6.07, 6.45) is 6.22. The molecular weight excluding hydrogens is 642 g/mol. The molecule has 10 nitrogen and oxygen atoms in total. The fraction of sp³-hybridized carbons (Fsp3) is 0.314. The molecule has 0 saturated carbocycles. The van der Waals surface area contributed by atoms with Crippen LogP contribution < -0.4 is 9.47 Å². The Bertz CT molecular complexity index is 1970. The van der Waals surface area contributed by atoms with E-state index < -0.39 is 17.6 Å². The second kappa shape index (κ2) is 14.5. The number of allylic oxidation sites excluding steroid dienone is 1. The van der Waals surface area contributed by atoms with Gasteiger partial charge in [-0.3, -0.25) is 4.90 Å². The van der Waals surface area contributed by atoms with Crippen molar-refractivity contribution < 1.29 is 28.2 Å². The molecule has 0 spiro atoms.